The Balaban J connectivity index is 2.04. The van der Waals surface area contributed by atoms with Gasteiger partial charge in [0.1, 0.15) is 0 Å². The molecule has 2 amide bonds. The van der Waals surface area contributed by atoms with E-state index in [-0.39, 0.29) is 11.8 Å². The highest BCUT2D eigenvalue weighted by atomic mass is 79.9. The van der Waals surface area contributed by atoms with Crippen LogP contribution in [0.5, 0.6) is 0 Å². The molecular formula is C16H15BrN2O2. The molecule has 4 nitrogen and oxygen atoms in total. The van der Waals surface area contributed by atoms with Crippen LogP contribution in [0.4, 0.5) is 0 Å². The summed E-state index contributed by atoms with van der Waals surface area (Å²) in [6, 6.07) is 12.5. The number of hydrogen-bond acceptors (Lipinski definition) is 2. The first-order valence-electron chi connectivity index (χ1n) is 6.41. The lowest BCUT2D eigenvalue weighted by atomic mass is 10.1. The van der Waals surface area contributed by atoms with Crippen molar-refractivity contribution in [2.45, 2.75) is 13.8 Å². The Morgan fingerprint density at radius 3 is 2.10 bits per heavy atom. The van der Waals surface area contributed by atoms with Crippen LogP contribution in [0.2, 0.25) is 0 Å². The number of aryl methyl sites for hydroxylation is 2. The minimum atomic E-state index is -0.375. The highest BCUT2D eigenvalue weighted by Gasteiger charge is 2.11. The van der Waals surface area contributed by atoms with Crippen LogP contribution >= 0.6 is 15.9 Å². The smallest absolute Gasteiger partial charge is 0.267 e. The molecule has 0 aromatic heterocycles. The zero-order valence-corrected chi connectivity index (χ0v) is 13.3. The number of halogens is 1. The summed E-state index contributed by atoms with van der Waals surface area (Å²) in [6.45, 7) is 3.84. The molecule has 21 heavy (non-hydrogen) atoms. The van der Waals surface area contributed by atoms with Crippen LogP contribution in [-0.4, -0.2) is 11.8 Å². The fraction of sp³-hybridized carbons (Fsp3) is 0.125. The van der Waals surface area contributed by atoms with Gasteiger partial charge in [0.15, 0.2) is 0 Å². The highest BCUT2D eigenvalue weighted by Crippen LogP contribution is 2.15. The second-order valence-electron chi connectivity index (χ2n) is 4.76. The Morgan fingerprint density at radius 2 is 1.48 bits per heavy atom. The second kappa shape index (κ2) is 6.54. The molecule has 0 saturated carbocycles. The summed E-state index contributed by atoms with van der Waals surface area (Å²) in [4.78, 5) is 24.0. The Hall–Kier alpha value is -2.14. The van der Waals surface area contributed by atoms with E-state index in [9.17, 15) is 9.59 Å². The normalized spacial score (nSPS) is 10.0. The maximum absolute atomic E-state index is 12.0. The van der Waals surface area contributed by atoms with E-state index in [2.05, 4.69) is 26.8 Å². The van der Waals surface area contributed by atoms with E-state index in [4.69, 9.17) is 0 Å². The molecule has 0 spiro atoms. The predicted octanol–water partition coefficient (Wildman–Crippen LogP) is 3.14. The Labute approximate surface area is 131 Å². The summed E-state index contributed by atoms with van der Waals surface area (Å²) in [7, 11) is 0. The molecule has 0 bridgehead atoms. The van der Waals surface area contributed by atoms with Crippen molar-refractivity contribution < 1.29 is 9.59 Å². The SMILES string of the molecule is Cc1cc(C)cc(C(=O)NNC(=O)c2ccccc2Br)c1. The summed E-state index contributed by atoms with van der Waals surface area (Å²) in [5, 5.41) is 0. The third-order valence-electron chi connectivity index (χ3n) is 2.89. The lowest BCUT2D eigenvalue weighted by Crippen LogP contribution is -2.41. The Kier molecular flexibility index (Phi) is 4.75. The van der Waals surface area contributed by atoms with Crippen molar-refractivity contribution in [2.75, 3.05) is 0 Å². The number of carbonyl (C=O) groups excluding carboxylic acids is 2. The number of benzene rings is 2. The highest BCUT2D eigenvalue weighted by molar-refractivity contribution is 9.10. The van der Waals surface area contributed by atoms with Gasteiger partial charge < -0.3 is 0 Å². The molecule has 5 heteroatoms. The molecule has 0 aliphatic heterocycles. The summed E-state index contributed by atoms with van der Waals surface area (Å²) in [5.41, 5.74) is 7.79. The van der Waals surface area contributed by atoms with Crippen molar-refractivity contribution >= 4 is 27.7 Å². The lowest BCUT2D eigenvalue weighted by Gasteiger charge is -2.09. The molecule has 108 valence electrons. The van der Waals surface area contributed by atoms with Gasteiger partial charge in [-0.3, -0.25) is 20.4 Å². The molecule has 0 fully saturated rings. The number of hydrogen-bond donors (Lipinski definition) is 2. The molecule has 0 unspecified atom stereocenters. The molecule has 0 heterocycles. The third-order valence-corrected chi connectivity index (χ3v) is 3.58. The van der Waals surface area contributed by atoms with Crippen LogP contribution in [-0.2, 0) is 0 Å². The second-order valence-corrected chi connectivity index (χ2v) is 5.62. The van der Waals surface area contributed by atoms with Gasteiger partial charge in [-0.2, -0.15) is 0 Å². The first-order valence-corrected chi connectivity index (χ1v) is 7.20. The van der Waals surface area contributed by atoms with Gasteiger partial charge in [-0.1, -0.05) is 29.3 Å². The van der Waals surface area contributed by atoms with Crippen molar-refractivity contribution in [3.63, 3.8) is 0 Å². The van der Waals surface area contributed by atoms with E-state index >= 15 is 0 Å². The maximum atomic E-state index is 12.0. The van der Waals surface area contributed by atoms with Crippen LogP contribution in [0.15, 0.2) is 46.9 Å². The standard InChI is InChI=1S/C16H15BrN2O2/c1-10-7-11(2)9-12(8-10)15(20)18-19-16(21)13-5-3-4-6-14(13)17/h3-9H,1-2H3,(H,18,20)(H,19,21). The summed E-state index contributed by atoms with van der Waals surface area (Å²) >= 11 is 3.29. The number of rotatable bonds is 2. The summed E-state index contributed by atoms with van der Waals surface area (Å²) < 4.78 is 0.670. The van der Waals surface area contributed by atoms with Crippen LogP contribution in [0.1, 0.15) is 31.8 Å². The third kappa shape index (κ3) is 3.92. The minimum Gasteiger partial charge on any atom is -0.267 e. The number of amides is 2. The lowest BCUT2D eigenvalue weighted by molar-refractivity contribution is 0.0846. The number of hydrazine groups is 1. The van der Waals surface area contributed by atoms with Crippen molar-refractivity contribution in [1.29, 1.82) is 0 Å². The largest absolute Gasteiger partial charge is 0.270 e. The van der Waals surface area contributed by atoms with Gasteiger partial charge in [0.2, 0.25) is 0 Å². The van der Waals surface area contributed by atoms with Gasteiger partial charge in [-0.15, -0.1) is 0 Å². The van der Waals surface area contributed by atoms with Crippen molar-refractivity contribution in [3.05, 3.63) is 69.2 Å². The fourth-order valence-corrected chi connectivity index (χ4v) is 2.47. The zero-order valence-electron chi connectivity index (χ0n) is 11.7. The van der Waals surface area contributed by atoms with E-state index in [1.165, 1.54) is 0 Å². The van der Waals surface area contributed by atoms with Gasteiger partial charge in [0.25, 0.3) is 11.8 Å². The zero-order chi connectivity index (χ0) is 15.4. The molecule has 0 atom stereocenters. The van der Waals surface area contributed by atoms with Crippen molar-refractivity contribution in [2.24, 2.45) is 0 Å². The monoisotopic (exact) mass is 346 g/mol. The fourth-order valence-electron chi connectivity index (χ4n) is 2.00. The van der Waals surface area contributed by atoms with E-state index in [1.54, 1.807) is 30.3 Å². The predicted molar refractivity (Wildman–Crippen MR) is 85.0 cm³/mol. The number of nitrogens with one attached hydrogen (secondary N) is 2. The van der Waals surface area contributed by atoms with Gasteiger partial charge >= 0.3 is 0 Å². The van der Waals surface area contributed by atoms with Gasteiger partial charge in [-0.05, 0) is 54.0 Å². The van der Waals surface area contributed by atoms with Crippen LogP contribution in [0, 0.1) is 13.8 Å². The average Bonchev–Trinajstić information content (AvgIpc) is 2.43. The topological polar surface area (TPSA) is 58.2 Å². The first kappa shape index (κ1) is 15.3. The van der Waals surface area contributed by atoms with Gasteiger partial charge in [0, 0.05) is 10.0 Å². The molecule has 2 N–H and O–H groups in total. The maximum Gasteiger partial charge on any atom is 0.270 e. The quantitative estimate of drug-likeness (QED) is 0.820. The molecule has 0 radical (unpaired) electrons. The van der Waals surface area contributed by atoms with Crippen LogP contribution in [0.3, 0.4) is 0 Å². The Morgan fingerprint density at radius 1 is 0.905 bits per heavy atom. The average molecular weight is 347 g/mol. The van der Waals surface area contributed by atoms with Gasteiger partial charge in [-0.25, -0.2) is 0 Å². The first-order chi connectivity index (χ1) is 9.97. The molecular weight excluding hydrogens is 332 g/mol. The summed E-state index contributed by atoms with van der Waals surface area (Å²) in [6.07, 6.45) is 0. The van der Waals surface area contributed by atoms with Crippen molar-refractivity contribution in [3.8, 4) is 0 Å². The minimum absolute atomic E-state index is 0.345. The molecule has 0 aliphatic rings. The molecule has 0 aliphatic carbocycles. The van der Waals surface area contributed by atoms with E-state index in [1.807, 2.05) is 26.0 Å². The van der Waals surface area contributed by atoms with E-state index in [0.717, 1.165) is 11.1 Å². The molecule has 0 saturated heterocycles. The van der Waals surface area contributed by atoms with E-state index < -0.39 is 0 Å². The van der Waals surface area contributed by atoms with Crippen molar-refractivity contribution in [1.82, 2.24) is 10.9 Å². The molecule has 2 rings (SSSR count). The van der Waals surface area contributed by atoms with E-state index in [0.29, 0.717) is 15.6 Å². The van der Waals surface area contributed by atoms with Gasteiger partial charge in [0.05, 0.1) is 5.56 Å². The van der Waals surface area contributed by atoms with Crippen LogP contribution in [0.25, 0.3) is 0 Å². The molecule has 2 aromatic rings. The molecule has 2 aromatic carbocycles. The van der Waals surface area contributed by atoms with Crippen LogP contribution < -0.4 is 10.9 Å². The number of carbonyl (C=O) groups is 2. The Bertz CT molecular complexity index is 678. The summed E-state index contributed by atoms with van der Waals surface area (Å²) in [5.74, 6) is -0.720.